The number of nitrogens with zero attached hydrogens (tertiary/aromatic N) is 1. The Balaban J connectivity index is 1.99. The third kappa shape index (κ3) is 2.19. The topological polar surface area (TPSA) is 29.5 Å². The molecule has 0 aliphatic carbocycles. The van der Waals surface area contributed by atoms with Gasteiger partial charge in [-0.15, -0.1) is 0 Å². The molecule has 2 aromatic rings. The maximum Gasteiger partial charge on any atom is 0.258 e. The van der Waals surface area contributed by atoms with Crippen LogP contribution in [0.4, 0.5) is 5.69 Å². The summed E-state index contributed by atoms with van der Waals surface area (Å²) >= 11 is 0. The van der Waals surface area contributed by atoms with Gasteiger partial charge in [-0.2, -0.15) is 0 Å². The van der Waals surface area contributed by atoms with Gasteiger partial charge < -0.3 is 9.64 Å². The van der Waals surface area contributed by atoms with Crippen LogP contribution in [-0.2, 0) is 0 Å². The Morgan fingerprint density at radius 1 is 1.11 bits per heavy atom. The highest BCUT2D eigenvalue weighted by Gasteiger charge is 2.27. The molecule has 3 nitrogen and oxygen atoms in total. The van der Waals surface area contributed by atoms with Crippen LogP contribution in [0, 0.1) is 0 Å². The molecule has 0 saturated carbocycles. The van der Waals surface area contributed by atoms with Crippen LogP contribution in [0.3, 0.4) is 0 Å². The molecule has 3 heteroatoms. The average Bonchev–Trinajstić information content (AvgIpc) is 2.46. The minimum atomic E-state index is 0.00237. The van der Waals surface area contributed by atoms with Crippen LogP contribution in [-0.4, -0.2) is 18.6 Å². The monoisotopic (exact) mass is 253 g/mol. The summed E-state index contributed by atoms with van der Waals surface area (Å²) in [5.41, 5.74) is 1.54. The summed E-state index contributed by atoms with van der Waals surface area (Å²) in [4.78, 5) is 14.4. The summed E-state index contributed by atoms with van der Waals surface area (Å²) in [5, 5.41) is 0. The lowest BCUT2D eigenvalue weighted by Crippen LogP contribution is -2.42. The molecule has 1 aliphatic heterocycles. The second-order valence-electron chi connectivity index (χ2n) is 4.68. The highest BCUT2D eigenvalue weighted by Crippen LogP contribution is 2.33. The van der Waals surface area contributed by atoms with Gasteiger partial charge in [0.2, 0.25) is 0 Å². The number of hydrogen-bond donors (Lipinski definition) is 0. The van der Waals surface area contributed by atoms with E-state index in [4.69, 9.17) is 4.74 Å². The Kier molecular flexibility index (Phi) is 2.95. The lowest BCUT2D eigenvalue weighted by molar-refractivity contribution is 0.0961. The first-order chi connectivity index (χ1) is 9.25. The third-order valence-electron chi connectivity index (χ3n) is 3.19. The first-order valence-electron chi connectivity index (χ1n) is 6.38. The molecule has 1 unspecified atom stereocenters. The van der Waals surface area contributed by atoms with Crippen LogP contribution in [0.25, 0.3) is 0 Å². The van der Waals surface area contributed by atoms with Crippen LogP contribution in [0.1, 0.15) is 17.3 Å². The molecule has 0 N–H and O–H groups in total. The van der Waals surface area contributed by atoms with Crippen molar-refractivity contribution in [3.05, 3.63) is 60.2 Å². The number of carbonyl (C=O) groups excluding carboxylic acids is 1. The molecule has 2 aromatic carbocycles. The molecule has 0 bridgehead atoms. The van der Waals surface area contributed by atoms with Crippen molar-refractivity contribution in [1.82, 2.24) is 0 Å². The number of anilines is 1. The van der Waals surface area contributed by atoms with Crippen molar-refractivity contribution < 1.29 is 9.53 Å². The summed E-state index contributed by atoms with van der Waals surface area (Å²) in [5.74, 6) is 0.786. The fourth-order valence-corrected chi connectivity index (χ4v) is 2.32. The molecule has 0 radical (unpaired) electrons. The third-order valence-corrected chi connectivity index (χ3v) is 3.19. The van der Waals surface area contributed by atoms with Crippen LogP contribution in [0.5, 0.6) is 5.75 Å². The van der Waals surface area contributed by atoms with E-state index in [1.807, 2.05) is 61.5 Å². The molecule has 0 spiro atoms. The smallest absolute Gasteiger partial charge is 0.258 e. The Hall–Kier alpha value is -2.29. The van der Waals surface area contributed by atoms with Gasteiger partial charge >= 0.3 is 0 Å². The average molecular weight is 253 g/mol. The number of fused-ring (bicyclic) bond motifs is 1. The molecule has 1 atom stereocenters. The van der Waals surface area contributed by atoms with Crippen LogP contribution in [0.15, 0.2) is 54.6 Å². The maximum atomic E-state index is 12.6. The molecule has 0 saturated heterocycles. The normalized spacial score (nSPS) is 17.5. The van der Waals surface area contributed by atoms with E-state index in [9.17, 15) is 4.79 Å². The van der Waals surface area contributed by atoms with Crippen LogP contribution >= 0.6 is 0 Å². The first kappa shape index (κ1) is 11.8. The fourth-order valence-electron chi connectivity index (χ4n) is 2.32. The van der Waals surface area contributed by atoms with Crippen molar-refractivity contribution in [2.24, 2.45) is 0 Å². The van der Waals surface area contributed by atoms with Crippen molar-refractivity contribution in [2.75, 3.05) is 11.4 Å². The van der Waals surface area contributed by atoms with Gasteiger partial charge in [0.25, 0.3) is 5.91 Å². The summed E-state index contributed by atoms with van der Waals surface area (Å²) in [6.45, 7) is 2.55. The van der Waals surface area contributed by atoms with E-state index in [-0.39, 0.29) is 12.0 Å². The van der Waals surface area contributed by atoms with E-state index < -0.39 is 0 Å². The van der Waals surface area contributed by atoms with Crippen molar-refractivity contribution in [2.45, 2.75) is 13.0 Å². The SMILES string of the molecule is CC1CN(C(=O)c2ccccc2)c2ccccc2O1. The number of benzene rings is 2. The molecule has 1 amide bonds. The zero-order chi connectivity index (χ0) is 13.2. The zero-order valence-corrected chi connectivity index (χ0v) is 10.7. The van der Waals surface area contributed by atoms with Crippen molar-refractivity contribution in [1.29, 1.82) is 0 Å². The van der Waals surface area contributed by atoms with Gasteiger partial charge in [-0.1, -0.05) is 30.3 Å². The van der Waals surface area contributed by atoms with E-state index in [1.54, 1.807) is 4.90 Å². The minimum Gasteiger partial charge on any atom is -0.487 e. The number of rotatable bonds is 1. The molecule has 96 valence electrons. The number of carbonyl (C=O) groups is 1. The van der Waals surface area contributed by atoms with E-state index in [2.05, 4.69) is 0 Å². The zero-order valence-electron chi connectivity index (χ0n) is 10.7. The van der Waals surface area contributed by atoms with Crippen molar-refractivity contribution in [3.8, 4) is 5.75 Å². The predicted octanol–water partition coefficient (Wildman–Crippen LogP) is 3.11. The second kappa shape index (κ2) is 4.76. The fraction of sp³-hybridized carbons (Fsp3) is 0.188. The molecule has 3 rings (SSSR count). The molecule has 19 heavy (non-hydrogen) atoms. The second-order valence-corrected chi connectivity index (χ2v) is 4.68. The van der Waals surface area contributed by atoms with E-state index in [0.29, 0.717) is 12.1 Å². The van der Waals surface area contributed by atoms with Gasteiger partial charge in [-0.3, -0.25) is 4.79 Å². The largest absolute Gasteiger partial charge is 0.487 e. The molecular formula is C16H15NO2. The summed E-state index contributed by atoms with van der Waals surface area (Å²) in [7, 11) is 0. The molecule has 0 aromatic heterocycles. The summed E-state index contributed by atoms with van der Waals surface area (Å²) in [6.07, 6.45) is 0.00237. The van der Waals surface area contributed by atoms with Crippen LogP contribution < -0.4 is 9.64 Å². The lowest BCUT2D eigenvalue weighted by atomic mass is 10.1. The van der Waals surface area contributed by atoms with Crippen molar-refractivity contribution >= 4 is 11.6 Å². The highest BCUT2D eigenvalue weighted by atomic mass is 16.5. The Labute approximate surface area is 112 Å². The van der Waals surface area contributed by atoms with E-state index in [1.165, 1.54) is 0 Å². The number of hydrogen-bond acceptors (Lipinski definition) is 2. The van der Waals surface area contributed by atoms with Gasteiger partial charge in [0.05, 0.1) is 12.2 Å². The quantitative estimate of drug-likeness (QED) is 0.781. The summed E-state index contributed by atoms with van der Waals surface area (Å²) in [6, 6.07) is 17.0. The Morgan fingerprint density at radius 2 is 1.79 bits per heavy atom. The molecule has 1 aliphatic rings. The molecular weight excluding hydrogens is 238 g/mol. The summed E-state index contributed by atoms with van der Waals surface area (Å²) < 4.78 is 5.75. The predicted molar refractivity (Wildman–Crippen MR) is 74.7 cm³/mol. The van der Waals surface area contributed by atoms with E-state index in [0.717, 1.165) is 11.4 Å². The number of para-hydroxylation sites is 2. The maximum absolute atomic E-state index is 12.6. The minimum absolute atomic E-state index is 0.00237. The number of ether oxygens (including phenoxy) is 1. The van der Waals surface area contributed by atoms with Gasteiger partial charge in [0.15, 0.2) is 0 Å². The van der Waals surface area contributed by atoms with Gasteiger partial charge in [-0.25, -0.2) is 0 Å². The Morgan fingerprint density at radius 3 is 2.58 bits per heavy atom. The Bertz CT molecular complexity index is 595. The highest BCUT2D eigenvalue weighted by molar-refractivity contribution is 6.07. The van der Waals surface area contributed by atoms with Gasteiger partial charge in [0, 0.05) is 5.56 Å². The number of amides is 1. The van der Waals surface area contributed by atoms with Gasteiger partial charge in [-0.05, 0) is 31.2 Å². The lowest BCUT2D eigenvalue weighted by Gasteiger charge is -2.33. The van der Waals surface area contributed by atoms with E-state index >= 15 is 0 Å². The molecule has 1 heterocycles. The first-order valence-corrected chi connectivity index (χ1v) is 6.38. The van der Waals surface area contributed by atoms with Crippen molar-refractivity contribution in [3.63, 3.8) is 0 Å². The van der Waals surface area contributed by atoms with Crippen LogP contribution in [0.2, 0.25) is 0 Å². The standard InChI is InChI=1S/C16H15NO2/c1-12-11-17(14-9-5-6-10-15(14)19-12)16(18)13-7-3-2-4-8-13/h2-10,12H,11H2,1H3. The molecule has 0 fully saturated rings. The van der Waals surface area contributed by atoms with Gasteiger partial charge in [0.1, 0.15) is 11.9 Å².